The maximum absolute atomic E-state index is 13.2. The fourth-order valence-corrected chi connectivity index (χ4v) is 5.50. The normalized spacial score (nSPS) is 17.2. The summed E-state index contributed by atoms with van der Waals surface area (Å²) >= 11 is 0. The summed E-state index contributed by atoms with van der Waals surface area (Å²) in [5.41, 5.74) is 4.71. The maximum atomic E-state index is 13.2. The number of aliphatic carboxylic acids is 1. The average molecular weight is 472 g/mol. The van der Waals surface area contributed by atoms with Gasteiger partial charge in [-0.15, -0.1) is 0 Å². The molecule has 6 heteroatoms. The smallest absolute Gasteiger partial charge is 0.416 e. The molecule has 0 amide bonds. The van der Waals surface area contributed by atoms with Crippen LogP contribution in [0.1, 0.15) is 98.7 Å². The van der Waals surface area contributed by atoms with E-state index in [-0.39, 0.29) is 18.4 Å². The molecule has 0 saturated carbocycles. The van der Waals surface area contributed by atoms with Crippen molar-refractivity contribution in [3.63, 3.8) is 0 Å². The van der Waals surface area contributed by atoms with Crippen LogP contribution in [0.15, 0.2) is 42.5 Å². The molecular formula is C28H32F3NO2. The lowest BCUT2D eigenvalue weighted by Crippen LogP contribution is -2.21. The van der Waals surface area contributed by atoms with Crippen molar-refractivity contribution in [2.24, 2.45) is 0 Å². The SMILES string of the molecule is CCCC(c1ccc(C(F)(F)F)cc1)n1c2c(c3cc(C(C)C)ccc31)CCCC2CC(=O)O. The number of hydrogen-bond donors (Lipinski definition) is 1. The summed E-state index contributed by atoms with van der Waals surface area (Å²) in [4.78, 5) is 11.7. The summed E-state index contributed by atoms with van der Waals surface area (Å²) in [7, 11) is 0. The lowest BCUT2D eigenvalue weighted by molar-refractivity contribution is -0.138. The number of nitrogens with zero attached hydrogens (tertiary/aromatic N) is 1. The van der Waals surface area contributed by atoms with Gasteiger partial charge in [0.2, 0.25) is 0 Å². The van der Waals surface area contributed by atoms with Gasteiger partial charge in [0, 0.05) is 22.5 Å². The van der Waals surface area contributed by atoms with Crippen molar-refractivity contribution in [2.45, 2.75) is 83.4 Å². The Balaban J connectivity index is 1.95. The van der Waals surface area contributed by atoms with E-state index in [9.17, 15) is 23.1 Å². The topological polar surface area (TPSA) is 42.2 Å². The van der Waals surface area contributed by atoms with E-state index in [1.165, 1.54) is 11.1 Å². The number of benzene rings is 2. The van der Waals surface area contributed by atoms with E-state index >= 15 is 0 Å². The second-order valence-corrected chi connectivity index (χ2v) is 9.78. The molecule has 2 aromatic carbocycles. The number of halogens is 3. The second-order valence-electron chi connectivity index (χ2n) is 9.78. The Kier molecular flexibility index (Phi) is 6.79. The van der Waals surface area contributed by atoms with Gasteiger partial charge < -0.3 is 9.67 Å². The quantitative estimate of drug-likeness (QED) is 0.379. The van der Waals surface area contributed by atoms with Crippen molar-refractivity contribution in [3.05, 3.63) is 70.4 Å². The van der Waals surface area contributed by atoms with E-state index in [0.717, 1.165) is 66.4 Å². The molecule has 0 aliphatic heterocycles. The van der Waals surface area contributed by atoms with Crippen LogP contribution < -0.4 is 0 Å². The minimum Gasteiger partial charge on any atom is -0.481 e. The van der Waals surface area contributed by atoms with Crippen molar-refractivity contribution >= 4 is 16.9 Å². The van der Waals surface area contributed by atoms with Crippen LogP contribution in [0.25, 0.3) is 10.9 Å². The third-order valence-electron chi connectivity index (χ3n) is 7.12. The van der Waals surface area contributed by atoms with E-state index in [4.69, 9.17) is 0 Å². The van der Waals surface area contributed by atoms with E-state index in [1.54, 1.807) is 12.1 Å². The lowest BCUT2D eigenvalue weighted by Gasteiger charge is -2.29. The highest BCUT2D eigenvalue weighted by Crippen LogP contribution is 2.44. The van der Waals surface area contributed by atoms with Crippen LogP contribution >= 0.6 is 0 Å². The van der Waals surface area contributed by atoms with Gasteiger partial charge in [-0.3, -0.25) is 4.79 Å². The summed E-state index contributed by atoms with van der Waals surface area (Å²) in [6.45, 7) is 6.38. The molecule has 1 aliphatic carbocycles. The summed E-state index contributed by atoms with van der Waals surface area (Å²) in [6.07, 6.45) is -0.0686. The fraction of sp³-hybridized carbons (Fsp3) is 0.464. The van der Waals surface area contributed by atoms with E-state index < -0.39 is 17.7 Å². The predicted octanol–water partition coefficient (Wildman–Crippen LogP) is 8.07. The first-order valence-corrected chi connectivity index (χ1v) is 12.2. The van der Waals surface area contributed by atoms with Crippen LogP contribution in [0.3, 0.4) is 0 Å². The number of alkyl halides is 3. The van der Waals surface area contributed by atoms with Gasteiger partial charge in [-0.1, -0.05) is 45.4 Å². The zero-order valence-corrected chi connectivity index (χ0v) is 20.0. The monoisotopic (exact) mass is 471 g/mol. The van der Waals surface area contributed by atoms with Gasteiger partial charge in [0.1, 0.15) is 0 Å². The Hall–Kier alpha value is -2.76. The standard InChI is InChI=1S/C28H32F3NO2/c1-4-6-24(18-9-12-21(13-10-18)28(29,30)31)32-25-14-11-19(17(2)3)15-23(25)22-8-5-7-20(27(22)32)16-26(33)34/h9-15,17,20,24H,4-8,16H2,1-3H3,(H,33,34). The number of carbonyl (C=O) groups is 1. The first-order chi connectivity index (χ1) is 16.1. The molecule has 4 rings (SSSR count). The highest BCUT2D eigenvalue weighted by atomic mass is 19.4. The molecule has 0 fully saturated rings. The van der Waals surface area contributed by atoms with Gasteiger partial charge >= 0.3 is 12.1 Å². The molecule has 2 unspecified atom stereocenters. The first-order valence-electron chi connectivity index (χ1n) is 12.2. The molecule has 0 radical (unpaired) electrons. The van der Waals surface area contributed by atoms with Crippen LogP contribution in [0.2, 0.25) is 0 Å². The van der Waals surface area contributed by atoms with Gasteiger partial charge in [-0.05, 0) is 72.6 Å². The van der Waals surface area contributed by atoms with Gasteiger partial charge in [-0.2, -0.15) is 13.2 Å². The summed E-state index contributed by atoms with van der Waals surface area (Å²) in [6, 6.07) is 11.8. The van der Waals surface area contributed by atoms with E-state index in [0.29, 0.717) is 5.92 Å². The third kappa shape index (κ3) is 4.59. The lowest BCUT2D eigenvalue weighted by atomic mass is 9.84. The molecule has 0 spiro atoms. The molecule has 34 heavy (non-hydrogen) atoms. The number of hydrogen-bond acceptors (Lipinski definition) is 1. The van der Waals surface area contributed by atoms with E-state index in [2.05, 4.69) is 43.5 Å². The Morgan fingerprint density at radius 1 is 1.12 bits per heavy atom. The zero-order chi connectivity index (χ0) is 24.6. The Morgan fingerprint density at radius 3 is 2.38 bits per heavy atom. The molecular weight excluding hydrogens is 439 g/mol. The molecule has 1 N–H and O–H groups in total. The number of carboxylic acid groups (broad SMARTS) is 1. The fourth-order valence-electron chi connectivity index (χ4n) is 5.50. The van der Waals surface area contributed by atoms with E-state index in [1.807, 2.05) is 0 Å². The second kappa shape index (κ2) is 9.47. The van der Waals surface area contributed by atoms with Crippen molar-refractivity contribution in [1.82, 2.24) is 4.57 Å². The number of fused-ring (bicyclic) bond motifs is 3. The van der Waals surface area contributed by atoms with Gasteiger partial charge in [0.15, 0.2) is 0 Å². The van der Waals surface area contributed by atoms with Crippen molar-refractivity contribution in [2.75, 3.05) is 0 Å². The predicted molar refractivity (Wildman–Crippen MR) is 128 cm³/mol. The van der Waals surface area contributed by atoms with Gasteiger partial charge in [0.05, 0.1) is 18.0 Å². The number of aryl methyl sites for hydroxylation is 1. The van der Waals surface area contributed by atoms with Gasteiger partial charge in [-0.25, -0.2) is 0 Å². The molecule has 0 bridgehead atoms. The van der Waals surface area contributed by atoms with Crippen molar-refractivity contribution in [3.8, 4) is 0 Å². The summed E-state index contributed by atoms with van der Waals surface area (Å²) in [5.74, 6) is -0.563. The van der Waals surface area contributed by atoms with Crippen LogP contribution in [0, 0.1) is 0 Å². The summed E-state index contributed by atoms with van der Waals surface area (Å²) < 4.78 is 41.8. The van der Waals surface area contributed by atoms with Gasteiger partial charge in [0.25, 0.3) is 0 Å². The molecule has 2 atom stereocenters. The molecule has 3 nitrogen and oxygen atoms in total. The van der Waals surface area contributed by atoms with Crippen LogP contribution in [-0.2, 0) is 17.4 Å². The van der Waals surface area contributed by atoms with Crippen LogP contribution in [0.5, 0.6) is 0 Å². The van der Waals surface area contributed by atoms with Crippen LogP contribution in [0.4, 0.5) is 13.2 Å². The molecule has 1 aromatic heterocycles. The minimum absolute atomic E-state index is 0.0617. The first kappa shape index (κ1) is 24.4. The molecule has 1 aliphatic rings. The largest absolute Gasteiger partial charge is 0.481 e. The Morgan fingerprint density at radius 2 is 1.79 bits per heavy atom. The number of carboxylic acids is 1. The molecule has 0 saturated heterocycles. The number of aromatic nitrogens is 1. The van der Waals surface area contributed by atoms with Crippen molar-refractivity contribution < 1.29 is 23.1 Å². The summed E-state index contributed by atoms with van der Waals surface area (Å²) in [5, 5.41) is 10.8. The van der Waals surface area contributed by atoms with Crippen molar-refractivity contribution in [1.29, 1.82) is 0 Å². The molecule has 1 heterocycles. The highest BCUT2D eigenvalue weighted by Gasteiger charge is 2.33. The Bertz CT molecular complexity index is 1180. The van der Waals surface area contributed by atoms with Crippen LogP contribution in [-0.4, -0.2) is 15.6 Å². The molecule has 3 aromatic rings. The average Bonchev–Trinajstić information content (AvgIpc) is 3.11. The highest BCUT2D eigenvalue weighted by molar-refractivity contribution is 5.87. The zero-order valence-electron chi connectivity index (χ0n) is 20.0. The third-order valence-corrected chi connectivity index (χ3v) is 7.12. The number of rotatable bonds is 7. The maximum Gasteiger partial charge on any atom is 0.416 e. The minimum atomic E-state index is -4.38. The molecule has 182 valence electrons. The Labute approximate surface area is 198 Å².